The largest absolute Gasteiger partial charge is 0.315 e. The third-order valence-corrected chi connectivity index (χ3v) is 3.84. The summed E-state index contributed by atoms with van der Waals surface area (Å²) < 4.78 is 0. The Morgan fingerprint density at radius 1 is 1.33 bits per heavy atom. The molecular formula is C12H25N3. The molecule has 0 amide bonds. The lowest BCUT2D eigenvalue weighted by Gasteiger charge is -2.37. The first-order valence-electron chi connectivity index (χ1n) is 6.37. The van der Waals surface area contributed by atoms with Gasteiger partial charge in [0.1, 0.15) is 0 Å². The zero-order valence-corrected chi connectivity index (χ0v) is 10.2. The smallest absolute Gasteiger partial charge is 0.0260 e. The first kappa shape index (κ1) is 11.4. The molecule has 2 saturated heterocycles. The third-order valence-electron chi connectivity index (χ3n) is 3.84. The van der Waals surface area contributed by atoms with Crippen LogP contribution < -0.4 is 5.32 Å². The summed E-state index contributed by atoms with van der Waals surface area (Å²) in [4.78, 5) is 5.01. The Balaban J connectivity index is 1.75. The van der Waals surface area contributed by atoms with E-state index in [1.54, 1.807) is 0 Å². The molecule has 3 nitrogen and oxygen atoms in total. The maximum absolute atomic E-state index is 3.54. The van der Waals surface area contributed by atoms with Crippen LogP contribution >= 0.6 is 0 Å². The highest BCUT2D eigenvalue weighted by Gasteiger charge is 2.34. The summed E-state index contributed by atoms with van der Waals surface area (Å²) in [7, 11) is 4.33. The number of likely N-dealkylation sites (tertiary alicyclic amines) is 1. The van der Waals surface area contributed by atoms with Crippen molar-refractivity contribution in [2.24, 2.45) is 5.92 Å². The fourth-order valence-electron chi connectivity index (χ4n) is 3.03. The molecule has 0 spiro atoms. The van der Waals surface area contributed by atoms with Crippen molar-refractivity contribution >= 4 is 0 Å². The summed E-state index contributed by atoms with van der Waals surface area (Å²) in [6.45, 7) is 6.33. The minimum Gasteiger partial charge on any atom is -0.315 e. The Hall–Kier alpha value is -0.120. The summed E-state index contributed by atoms with van der Waals surface area (Å²) in [6, 6.07) is 0.848. The van der Waals surface area contributed by atoms with Crippen molar-refractivity contribution in [2.75, 3.05) is 46.8 Å². The summed E-state index contributed by atoms with van der Waals surface area (Å²) >= 11 is 0. The van der Waals surface area contributed by atoms with E-state index in [-0.39, 0.29) is 0 Å². The molecule has 3 heteroatoms. The van der Waals surface area contributed by atoms with Crippen LogP contribution in [0.4, 0.5) is 0 Å². The second-order valence-electron chi connectivity index (χ2n) is 5.32. The standard InChI is InChI=1S/C12H25N3/c1-14(2)6-4-8-15-7-3-5-11-9-13-10-12(11)15/h11-13H,3-10H2,1-2H3. The second kappa shape index (κ2) is 5.28. The van der Waals surface area contributed by atoms with Gasteiger partial charge in [0, 0.05) is 12.6 Å². The van der Waals surface area contributed by atoms with E-state index < -0.39 is 0 Å². The second-order valence-corrected chi connectivity index (χ2v) is 5.32. The lowest BCUT2D eigenvalue weighted by atomic mass is 9.92. The van der Waals surface area contributed by atoms with Crippen LogP contribution in [0.2, 0.25) is 0 Å². The topological polar surface area (TPSA) is 18.5 Å². The van der Waals surface area contributed by atoms with E-state index in [1.807, 2.05) is 0 Å². The molecule has 2 aliphatic heterocycles. The lowest BCUT2D eigenvalue weighted by Crippen LogP contribution is -2.45. The lowest BCUT2D eigenvalue weighted by molar-refractivity contribution is 0.120. The van der Waals surface area contributed by atoms with Gasteiger partial charge in [-0.1, -0.05) is 0 Å². The number of rotatable bonds is 4. The van der Waals surface area contributed by atoms with Crippen LogP contribution in [0.5, 0.6) is 0 Å². The normalized spacial score (nSPS) is 32.2. The maximum Gasteiger partial charge on any atom is 0.0260 e. The quantitative estimate of drug-likeness (QED) is 0.735. The molecule has 0 aromatic heterocycles. The monoisotopic (exact) mass is 211 g/mol. The van der Waals surface area contributed by atoms with E-state index in [0.29, 0.717) is 0 Å². The van der Waals surface area contributed by atoms with Gasteiger partial charge in [-0.2, -0.15) is 0 Å². The molecule has 0 saturated carbocycles. The fourth-order valence-corrected chi connectivity index (χ4v) is 3.03. The van der Waals surface area contributed by atoms with E-state index >= 15 is 0 Å². The van der Waals surface area contributed by atoms with Gasteiger partial charge in [-0.3, -0.25) is 4.90 Å². The molecule has 2 rings (SSSR count). The highest BCUT2D eigenvalue weighted by molar-refractivity contribution is 4.91. The van der Waals surface area contributed by atoms with Gasteiger partial charge in [-0.05, 0) is 65.5 Å². The van der Waals surface area contributed by atoms with Crippen molar-refractivity contribution in [1.29, 1.82) is 0 Å². The molecule has 2 atom stereocenters. The highest BCUT2D eigenvalue weighted by atomic mass is 15.2. The van der Waals surface area contributed by atoms with E-state index in [9.17, 15) is 0 Å². The first-order valence-corrected chi connectivity index (χ1v) is 6.37. The predicted octanol–water partition coefficient (Wildman–Crippen LogP) is 0.622. The molecule has 2 aliphatic rings. The van der Waals surface area contributed by atoms with Crippen molar-refractivity contribution < 1.29 is 0 Å². The Bertz CT molecular complexity index is 193. The van der Waals surface area contributed by atoms with Crippen LogP contribution in [-0.4, -0.2) is 62.7 Å². The number of nitrogens with zero attached hydrogens (tertiary/aromatic N) is 2. The van der Waals surface area contributed by atoms with Crippen LogP contribution in [0.15, 0.2) is 0 Å². The molecule has 1 N–H and O–H groups in total. The SMILES string of the molecule is CN(C)CCCN1CCCC2CNCC21. The molecule has 0 bridgehead atoms. The van der Waals surface area contributed by atoms with Crippen LogP contribution in [0.25, 0.3) is 0 Å². The number of piperidine rings is 1. The van der Waals surface area contributed by atoms with Gasteiger partial charge < -0.3 is 10.2 Å². The molecule has 88 valence electrons. The highest BCUT2D eigenvalue weighted by Crippen LogP contribution is 2.26. The van der Waals surface area contributed by atoms with Crippen LogP contribution in [-0.2, 0) is 0 Å². The number of nitrogens with one attached hydrogen (secondary N) is 1. The van der Waals surface area contributed by atoms with E-state index in [2.05, 4.69) is 29.2 Å². The Morgan fingerprint density at radius 3 is 3.00 bits per heavy atom. The molecule has 15 heavy (non-hydrogen) atoms. The Morgan fingerprint density at radius 2 is 2.20 bits per heavy atom. The molecule has 2 unspecified atom stereocenters. The number of hydrogen-bond donors (Lipinski definition) is 1. The Labute approximate surface area is 93.8 Å². The van der Waals surface area contributed by atoms with Crippen molar-refractivity contribution in [3.05, 3.63) is 0 Å². The molecular weight excluding hydrogens is 186 g/mol. The van der Waals surface area contributed by atoms with Crippen molar-refractivity contribution in [3.63, 3.8) is 0 Å². The summed E-state index contributed by atoms with van der Waals surface area (Å²) in [6.07, 6.45) is 4.17. The van der Waals surface area contributed by atoms with Crippen molar-refractivity contribution in [3.8, 4) is 0 Å². The van der Waals surface area contributed by atoms with Crippen LogP contribution in [0.1, 0.15) is 19.3 Å². The molecule has 0 aromatic carbocycles. The van der Waals surface area contributed by atoms with Gasteiger partial charge in [-0.25, -0.2) is 0 Å². The van der Waals surface area contributed by atoms with E-state index in [0.717, 1.165) is 12.0 Å². The van der Waals surface area contributed by atoms with Gasteiger partial charge in [0.2, 0.25) is 0 Å². The average molecular weight is 211 g/mol. The van der Waals surface area contributed by atoms with Gasteiger partial charge in [0.15, 0.2) is 0 Å². The zero-order chi connectivity index (χ0) is 10.7. The van der Waals surface area contributed by atoms with Gasteiger partial charge in [0.05, 0.1) is 0 Å². The van der Waals surface area contributed by atoms with E-state index in [4.69, 9.17) is 0 Å². The average Bonchev–Trinajstić information content (AvgIpc) is 2.65. The van der Waals surface area contributed by atoms with Crippen molar-refractivity contribution in [1.82, 2.24) is 15.1 Å². The fraction of sp³-hybridized carbons (Fsp3) is 1.00. The molecule has 0 aromatic rings. The van der Waals surface area contributed by atoms with Crippen LogP contribution in [0.3, 0.4) is 0 Å². The molecule has 2 heterocycles. The predicted molar refractivity (Wildman–Crippen MR) is 64.1 cm³/mol. The van der Waals surface area contributed by atoms with Crippen LogP contribution in [0, 0.1) is 5.92 Å². The van der Waals surface area contributed by atoms with E-state index in [1.165, 1.54) is 52.0 Å². The van der Waals surface area contributed by atoms with Gasteiger partial charge in [0.25, 0.3) is 0 Å². The van der Waals surface area contributed by atoms with Gasteiger partial charge in [-0.15, -0.1) is 0 Å². The maximum atomic E-state index is 3.54. The summed E-state index contributed by atoms with van der Waals surface area (Å²) in [5, 5.41) is 3.54. The third kappa shape index (κ3) is 2.92. The number of hydrogen-bond acceptors (Lipinski definition) is 3. The minimum atomic E-state index is 0.848. The first-order chi connectivity index (χ1) is 7.27. The summed E-state index contributed by atoms with van der Waals surface area (Å²) in [5.41, 5.74) is 0. The number of fused-ring (bicyclic) bond motifs is 1. The summed E-state index contributed by atoms with van der Waals surface area (Å²) in [5.74, 6) is 0.943. The molecule has 2 fully saturated rings. The molecule has 0 radical (unpaired) electrons. The Kier molecular flexibility index (Phi) is 4.00. The zero-order valence-electron chi connectivity index (χ0n) is 10.2. The molecule has 0 aliphatic carbocycles. The van der Waals surface area contributed by atoms with Gasteiger partial charge >= 0.3 is 0 Å². The minimum absolute atomic E-state index is 0.848. The van der Waals surface area contributed by atoms with Crippen molar-refractivity contribution in [2.45, 2.75) is 25.3 Å².